The lowest BCUT2D eigenvalue weighted by atomic mass is 10.2. The molecule has 0 aromatic heterocycles. The number of aliphatic hydroxyl groups is 1. The fourth-order valence-corrected chi connectivity index (χ4v) is 1.71. The number of urea groups is 1. The number of amides is 2. The van der Waals surface area contributed by atoms with E-state index in [0.29, 0.717) is 19.6 Å². The van der Waals surface area contributed by atoms with E-state index in [1.165, 1.54) is 5.56 Å². The third-order valence-corrected chi connectivity index (χ3v) is 2.85. The molecule has 0 fully saturated rings. The Morgan fingerprint density at radius 2 is 2.05 bits per heavy atom. The van der Waals surface area contributed by atoms with Crippen molar-refractivity contribution in [2.24, 2.45) is 0 Å². The van der Waals surface area contributed by atoms with Crippen LogP contribution >= 0.6 is 0 Å². The number of carbonyl (C=O) groups is 1. The summed E-state index contributed by atoms with van der Waals surface area (Å²) in [5, 5.41) is 14.2. The molecule has 1 rings (SSSR count). The average molecular weight is 280 g/mol. The van der Waals surface area contributed by atoms with Crippen molar-refractivity contribution < 1.29 is 14.6 Å². The molecule has 3 N–H and O–H groups in total. The molecule has 20 heavy (non-hydrogen) atoms. The molecule has 5 nitrogen and oxygen atoms in total. The monoisotopic (exact) mass is 280 g/mol. The van der Waals surface area contributed by atoms with E-state index in [-0.39, 0.29) is 18.7 Å². The third-order valence-electron chi connectivity index (χ3n) is 2.85. The van der Waals surface area contributed by atoms with E-state index in [2.05, 4.69) is 10.6 Å². The van der Waals surface area contributed by atoms with Gasteiger partial charge in [-0.15, -0.1) is 0 Å². The molecule has 0 saturated carbocycles. The van der Waals surface area contributed by atoms with Gasteiger partial charge in [0.25, 0.3) is 0 Å². The SMILES string of the molecule is Cc1ccc(OCCNC(=O)NC(C)CCCO)cc1. The maximum atomic E-state index is 11.5. The molecule has 0 aliphatic heterocycles. The van der Waals surface area contributed by atoms with Gasteiger partial charge in [0, 0.05) is 12.6 Å². The van der Waals surface area contributed by atoms with Crippen LogP contribution in [0.4, 0.5) is 4.79 Å². The van der Waals surface area contributed by atoms with Crippen molar-refractivity contribution in [3.05, 3.63) is 29.8 Å². The zero-order valence-electron chi connectivity index (χ0n) is 12.2. The van der Waals surface area contributed by atoms with Crippen LogP contribution in [0.15, 0.2) is 24.3 Å². The number of carbonyl (C=O) groups excluding carboxylic acids is 1. The van der Waals surface area contributed by atoms with Crippen molar-refractivity contribution in [3.63, 3.8) is 0 Å². The summed E-state index contributed by atoms with van der Waals surface area (Å²) in [7, 11) is 0. The summed E-state index contributed by atoms with van der Waals surface area (Å²) in [6.07, 6.45) is 1.46. The highest BCUT2D eigenvalue weighted by Crippen LogP contribution is 2.10. The molecule has 0 aliphatic carbocycles. The highest BCUT2D eigenvalue weighted by atomic mass is 16.5. The zero-order chi connectivity index (χ0) is 14.8. The fourth-order valence-electron chi connectivity index (χ4n) is 1.71. The van der Waals surface area contributed by atoms with Crippen LogP contribution in [-0.4, -0.2) is 36.9 Å². The first-order chi connectivity index (χ1) is 9.61. The van der Waals surface area contributed by atoms with Crippen LogP contribution in [0.2, 0.25) is 0 Å². The van der Waals surface area contributed by atoms with Gasteiger partial charge in [-0.25, -0.2) is 4.79 Å². The maximum Gasteiger partial charge on any atom is 0.315 e. The van der Waals surface area contributed by atoms with E-state index in [4.69, 9.17) is 9.84 Å². The third kappa shape index (κ3) is 6.99. The standard InChI is InChI=1S/C15H24N2O3/c1-12-5-7-14(8-6-12)20-11-9-16-15(19)17-13(2)4-3-10-18/h5-8,13,18H,3-4,9-11H2,1-2H3,(H2,16,17,19). The van der Waals surface area contributed by atoms with Gasteiger partial charge in [0.1, 0.15) is 12.4 Å². The smallest absolute Gasteiger partial charge is 0.315 e. The Morgan fingerprint density at radius 3 is 2.70 bits per heavy atom. The molecule has 0 spiro atoms. The topological polar surface area (TPSA) is 70.6 Å². The summed E-state index contributed by atoms with van der Waals surface area (Å²) in [4.78, 5) is 11.5. The van der Waals surface area contributed by atoms with Gasteiger partial charge < -0.3 is 20.5 Å². The first kappa shape index (κ1) is 16.3. The Bertz CT molecular complexity index is 393. The minimum absolute atomic E-state index is 0.0557. The molecule has 1 aromatic carbocycles. The van der Waals surface area contributed by atoms with E-state index < -0.39 is 0 Å². The number of nitrogens with one attached hydrogen (secondary N) is 2. The molecule has 0 heterocycles. The lowest BCUT2D eigenvalue weighted by Gasteiger charge is -2.14. The van der Waals surface area contributed by atoms with Gasteiger partial charge in [-0.2, -0.15) is 0 Å². The van der Waals surface area contributed by atoms with Crippen LogP contribution < -0.4 is 15.4 Å². The number of rotatable bonds is 8. The number of aliphatic hydroxyl groups excluding tert-OH is 1. The van der Waals surface area contributed by atoms with Crippen LogP contribution in [-0.2, 0) is 0 Å². The molecule has 2 amide bonds. The minimum Gasteiger partial charge on any atom is -0.492 e. The van der Waals surface area contributed by atoms with Crippen molar-refractivity contribution >= 4 is 6.03 Å². The van der Waals surface area contributed by atoms with Crippen LogP contribution in [0.1, 0.15) is 25.3 Å². The van der Waals surface area contributed by atoms with Gasteiger partial charge >= 0.3 is 6.03 Å². The lowest BCUT2D eigenvalue weighted by Crippen LogP contribution is -2.42. The molecule has 0 radical (unpaired) electrons. The van der Waals surface area contributed by atoms with Gasteiger partial charge in [-0.05, 0) is 38.8 Å². The molecule has 0 saturated heterocycles. The summed E-state index contributed by atoms with van der Waals surface area (Å²) in [6.45, 7) is 4.97. The summed E-state index contributed by atoms with van der Waals surface area (Å²) < 4.78 is 5.51. The summed E-state index contributed by atoms with van der Waals surface area (Å²) >= 11 is 0. The Balaban J connectivity index is 2.11. The lowest BCUT2D eigenvalue weighted by molar-refractivity contribution is 0.230. The molecule has 5 heteroatoms. The predicted octanol–water partition coefficient (Wildman–Crippen LogP) is 1.83. The Labute approximate surface area is 120 Å². The van der Waals surface area contributed by atoms with Crippen LogP contribution in [0.3, 0.4) is 0 Å². The van der Waals surface area contributed by atoms with Gasteiger partial charge in [-0.1, -0.05) is 17.7 Å². The van der Waals surface area contributed by atoms with Crippen molar-refractivity contribution in [2.75, 3.05) is 19.8 Å². The van der Waals surface area contributed by atoms with E-state index in [9.17, 15) is 4.79 Å². The zero-order valence-corrected chi connectivity index (χ0v) is 12.2. The highest BCUT2D eigenvalue weighted by molar-refractivity contribution is 5.74. The van der Waals surface area contributed by atoms with E-state index in [0.717, 1.165) is 12.2 Å². The average Bonchev–Trinajstić information content (AvgIpc) is 2.43. The number of aryl methyl sites for hydroxylation is 1. The number of benzene rings is 1. The number of ether oxygens (including phenoxy) is 1. The molecule has 0 bridgehead atoms. The fraction of sp³-hybridized carbons (Fsp3) is 0.533. The van der Waals surface area contributed by atoms with Gasteiger partial charge in [-0.3, -0.25) is 0 Å². The summed E-state index contributed by atoms with van der Waals surface area (Å²) in [6, 6.07) is 7.64. The van der Waals surface area contributed by atoms with E-state index >= 15 is 0 Å². The Hall–Kier alpha value is -1.75. The van der Waals surface area contributed by atoms with Gasteiger partial charge in [0.15, 0.2) is 0 Å². The van der Waals surface area contributed by atoms with Crippen molar-refractivity contribution in [3.8, 4) is 5.75 Å². The second kappa shape index (κ2) is 9.20. The van der Waals surface area contributed by atoms with Crippen molar-refractivity contribution in [1.29, 1.82) is 0 Å². The quantitative estimate of drug-likeness (QED) is 0.636. The molecule has 1 aromatic rings. The number of hydrogen-bond acceptors (Lipinski definition) is 3. The van der Waals surface area contributed by atoms with Crippen molar-refractivity contribution in [1.82, 2.24) is 10.6 Å². The van der Waals surface area contributed by atoms with Gasteiger partial charge in [0.05, 0.1) is 6.54 Å². The van der Waals surface area contributed by atoms with Crippen LogP contribution in [0.25, 0.3) is 0 Å². The maximum absolute atomic E-state index is 11.5. The molecule has 112 valence electrons. The Morgan fingerprint density at radius 1 is 1.35 bits per heavy atom. The normalized spacial score (nSPS) is 11.8. The van der Waals surface area contributed by atoms with E-state index in [1.807, 2.05) is 38.1 Å². The number of hydrogen-bond donors (Lipinski definition) is 3. The summed E-state index contributed by atoms with van der Waals surface area (Å²) in [5.41, 5.74) is 1.19. The molecular formula is C15H24N2O3. The van der Waals surface area contributed by atoms with Crippen molar-refractivity contribution in [2.45, 2.75) is 32.7 Å². The summed E-state index contributed by atoms with van der Waals surface area (Å²) in [5.74, 6) is 0.800. The van der Waals surface area contributed by atoms with Crippen LogP contribution in [0.5, 0.6) is 5.75 Å². The molecule has 1 unspecified atom stereocenters. The Kier molecular flexibility index (Phi) is 7.50. The largest absolute Gasteiger partial charge is 0.492 e. The molecule has 0 aliphatic rings. The highest BCUT2D eigenvalue weighted by Gasteiger charge is 2.05. The second-order valence-electron chi connectivity index (χ2n) is 4.83. The first-order valence-electron chi connectivity index (χ1n) is 6.96. The second-order valence-corrected chi connectivity index (χ2v) is 4.83. The predicted molar refractivity (Wildman–Crippen MR) is 79.0 cm³/mol. The molecule has 1 atom stereocenters. The van der Waals surface area contributed by atoms with Gasteiger partial charge in [0.2, 0.25) is 0 Å². The van der Waals surface area contributed by atoms with Crippen LogP contribution in [0, 0.1) is 6.92 Å². The first-order valence-corrected chi connectivity index (χ1v) is 6.96. The molecular weight excluding hydrogens is 256 g/mol. The minimum atomic E-state index is -0.206. The van der Waals surface area contributed by atoms with E-state index in [1.54, 1.807) is 0 Å².